The Morgan fingerprint density at radius 2 is 2.00 bits per heavy atom. The molecule has 0 radical (unpaired) electrons. The number of nitriles is 1. The quantitative estimate of drug-likeness (QED) is 0.774. The highest BCUT2D eigenvalue weighted by molar-refractivity contribution is 5.88. The van der Waals surface area contributed by atoms with E-state index >= 15 is 0 Å². The monoisotopic (exact) mass is 336 g/mol. The van der Waals surface area contributed by atoms with Gasteiger partial charge in [0.1, 0.15) is 11.7 Å². The van der Waals surface area contributed by atoms with Crippen molar-refractivity contribution in [3.63, 3.8) is 0 Å². The van der Waals surface area contributed by atoms with Gasteiger partial charge >= 0.3 is 6.18 Å². The molecule has 0 saturated heterocycles. The highest BCUT2D eigenvalue weighted by atomic mass is 19.4. The summed E-state index contributed by atoms with van der Waals surface area (Å²) < 4.78 is 50.6. The Morgan fingerprint density at radius 1 is 1.25 bits per heavy atom. The summed E-state index contributed by atoms with van der Waals surface area (Å²) in [5.41, 5.74) is -0.384. The molecular formula is C17H12F4N2O. The summed E-state index contributed by atoms with van der Waals surface area (Å²) in [5.74, 6) is -2.16. The summed E-state index contributed by atoms with van der Waals surface area (Å²) in [6, 6.07) is 9.28. The van der Waals surface area contributed by atoms with E-state index in [1.165, 1.54) is 18.2 Å². The number of alkyl halides is 3. The maximum absolute atomic E-state index is 13.1. The molecular weight excluding hydrogens is 324 g/mol. The summed E-state index contributed by atoms with van der Waals surface area (Å²) in [6.07, 6.45) is -3.74. The van der Waals surface area contributed by atoms with Crippen molar-refractivity contribution in [2.24, 2.45) is 0 Å². The Hall–Kier alpha value is -2.75. The molecule has 1 aromatic heterocycles. The lowest BCUT2D eigenvalue weighted by Crippen LogP contribution is -2.14. The first-order valence-electron chi connectivity index (χ1n) is 7.01. The maximum atomic E-state index is 13.1. The second kappa shape index (κ2) is 7.21. The summed E-state index contributed by atoms with van der Waals surface area (Å²) >= 11 is 0. The molecule has 1 aromatic carbocycles. The fourth-order valence-corrected chi connectivity index (χ4v) is 2.15. The van der Waals surface area contributed by atoms with Gasteiger partial charge in [0.2, 0.25) is 0 Å². The minimum atomic E-state index is -4.53. The van der Waals surface area contributed by atoms with Crippen molar-refractivity contribution in [1.29, 1.82) is 5.26 Å². The molecule has 7 heteroatoms. The molecule has 1 unspecified atom stereocenters. The Bertz CT molecular complexity index is 763. The van der Waals surface area contributed by atoms with Crippen LogP contribution in [0.3, 0.4) is 0 Å². The van der Waals surface area contributed by atoms with Gasteiger partial charge in [0.05, 0.1) is 17.3 Å². The number of carbonyl (C=O) groups excluding carboxylic acids is 1. The Morgan fingerprint density at radius 3 is 2.54 bits per heavy atom. The number of aryl methyl sites for hydroxylation is 1. The number of halogens is 4. The molecule has 0 fully saturated rings. The lowest BCUT2D eigenvalue weighted by molar-refractivity contribution is -0.137. The second-order valence-electron chi connectivity index (χ2n) is 5.13. The Balaban J connectivity index is 2.07. The molecule has 0 amide bonds. The number of hydrogen-bond donors (Lipinski definition) is 0. The van der Waals surface area contributed by atoms with Crippen molar-refractivity contribution in [1.82, 2.24) is 4.98 Å². The van der Waals surface area contributed by atoms with Crippen molar-refractivity contribution >= 4 is 5.78 Å². The third-order valence-corrected chi connectivity index (χ3v) is 3.41. The van der Waals surface area contributed by atoms with Gasteiger partial charge in [-0.05, 0) is 36.2 Å². The van der Waals surface area contributed by atoms with Crippen LogP contribution in [0.5, 0.6) is 0 Å². The standard InChI is InChI=1S/C17H12F4N2O/c18-13-3-1-2-11(8-13)4-7-16(24)14(9-22)15-6-5-12(10-23-15)17(19,20)21/h1-3,5-6,8,10,14H,4,7H2. The van der Waals surface area contributed by atoms with Gasteiger partial charge in [0, 0.05) is 12.6 Å². The summed E-state index contributed by atoms with van der Waals surface area (Å²) in [4.78, 5) is 15.7. The van der Waals surface area contributed by atoms with Crippen molar-refractivity contribution in [2.75, 3.05) is 0 Å². The number of pyridine rings is 1. The smallest absolute Gasteiger partial charge is 0.298 e. The van der Waals surface area contributed by atoms with Crippen LogP contribution < -0.4 is 0 Å². The fourth-order valence-electron chi connectivity index (χ4n) is 2.15. The van der Waals surface area contributed by atoms with E-state index in [0.29, 0.717) is 11.8 Å². The largest absolute Gasteiger partial charge is 0.417 e. The SMILES string of the molecule is N#CC(C(=O)CCc1cccc(F)c1)c1ccc(C(F)(F)F)cn1. The van der Waals surface area contributed by atoms with Gasteiger partial charge in [0.25, 0.3) is 0 Å². The average molecular weight is 336 g/mol. The highest BCUT2D eigenvalue weighted by Crippen LogP contribution is 2.29. The van der Waals surface area contributed by atoms with Gasteiger partial charge in [-0.2, -0.15) is 18.4 Å². The third kappa shape index (κ3) is 4.38. The van der Waals surface area contributed by atoms with Gasteiger partial charge in [-0.3, -0.25) is 9.78 Å². The number of aromatic nitrogens is 1. The molecule has 0 aliphatic carbocycles. The second-order valence-corrected chi connectivity index (χ2v) is 5.13. The zero-order chi connectivity index (χ0) is 17.7. The fraction of sp³-hybridized carbons (Fsp3) is 0.235. The number of Topliss-reactive ketones (excluding diaryl/α,β-unsaturated/α-hetero) is 1. The molecule has 0 bridgehead atoms. The van der Waals surface area contributed by atoms with Gasteiger partial charge < -0.3 is 0 Å². The molecule has 1 heterocycles. The van der Waals surface area contributed by atoms with Gasteiger partial charge in [-0.25, -0.2) is 4.39 Å². The first-order chi connectivity index (χ1) is 11.3. The molecule has 2 rings (SSSR count). The molecule has 0 aliphatic rings. The zero-order valence-corrected chi connectivity index (χ0v) is 12.3. The van der Waals surface area contributed by atoms with E-state index in [2.05, 4.69) is 4.98 Å². The maximum Gasteiger partial charge on any atom is 0.417 e. The topological polar surface area (TPSA) is 53.8 Å². The zero-order valence-electron chi connectivity index (χ0n) is 12.3. The molecule has 24 heavy (non-hydrogen) atoms. The van der Waals surface area contributed by atoms with Crippen LogP contribution in [-0.4, -0.2) is 10.8 Å². The van der Waals surface area contributed by atoms with Gasteiger partial charge in [-0.1, -0.05) is 12.1 Å². The first-order valence-corrected chi connectivity index (χ1v) is 7.01. The van der Waals surface area contributed by atoms with Crippen LogP contribution in [0, 0.1) is 17.1 Å². The molecule has 0 saturated carbocycles. The van der Waals surface area contributed by atoms with Gasteiger partial charge in [0.15, 0.2) is 5.78 Å². The van der Waals surface area contributed by atoms with E-state index < -0.39 is 29.3 Å². The van der Waals surface area contributed by atoms with E-state index in [9.17, 15) is 22.4 Å². The van der Waals surface area contributed by atoms with Crippen molar-refractivity contribution < 1.29 is 22.4 Å². The molecule has 124 valence electrons. The molecule has 3 nitrogen and oxygen atoms in total. The number of nitrogens with zero attached hydrogens (tertiary/aromatic N) is 2. The van der Waals surface area contributed by atoms with Gasteiger partial charge in [-0.15, -0.1) is 0 Å². The molecule has 0 aliphatic heterocycles. The van der Waals surface area contributed by atoms with Crippen LogP contribution >= 0.6 is 0 Å². The lowest BCUT2D eigenvalue weighted by atomic mass is 9.95. The molecule has 2 aromatic rings. The highest BCUT2D eigenvalue weighted by Gasteiger charge is 2.31. The number of carbonyl (C=O) groups is 1. The molecule has 1 atom stereocenters. The number of hydrogen-bond acceptors (Lipinski definition) is 3. The van der Waals surface area contributed by atoms with Crippen LogP contribution in [0.1, 0.15) is 29.2 Å². The van der Waals surface area contributed by atoms with Crippen molar-refractivity contribution in [3.05, 3.63) is 65.2 Å². The van der Waals surface area contributed by atoms with Crippen LogP contribution in [0.4, 0.5) is 17.6 Å². The predicted octanol–water partition coefficient (Wildman–Crippen LogP) is 4.05. The summed E-state index contributed by atoms with van der Waals surface area (Å²) in [7, 11) is 0. The summed E-state index contributed by atoms with van der Waals surface area (Å²) in [5, 5.41) is 9.13. The van der Waals surface area contributed by atoms with Crippen LogP contribution in [0.15, 0.2) is 42.6 Å². The van der Waals surface area contributed by atoms with Crippen LogP contribution in [-0.2, 0) is 17.4 Å². The average Bonchev–Trinajstić information content (AvgIpc) is 2.53. The number of benzene rings is 1. The Labute approximate surface area is 135 Å². The minimum Gasteiger partial charge on any atom is -0.298 e. The van der Waals surface area contributed by atoms with Crippen molar-refractivity contribution in [2.45, 2.75) is 24.9 Å². The minimum absolute atomic E-state index is 0.0326. The van der Waals surface area contributed by atoms with E-state index in [1.807, 2.05) is 0 Å². The normalized spacial score (nSPS) is 12.5. The van der Waals surface area contributed by atoms with E-state index in [1.54, 1.807) is 12.1 Å². The van der Waals surface area contributed by atoms with Crippen LogP contribution in [0.25, 0.3) is 0 Å². The van der Waals surface area contributed by atoms with Crippen molar-refractivity contribution in [3.8, 4) is 6.07 Å². The third-order valence-electron chi connectivity index (χ3n) is 3.41. The Kier molecular flexibility index (Phi) is 5.29. The lowest BCUT2D eigenvalue weighted by Gasteiger charge is -2.10. The van der Waals surface area contributed by atoms with E-state index in [4.69, 9.17) is 5.26 Å². The molecule has 0 spiro atoms. The number of ketones is 1. The number of rotatable bonds is 5. The van der Waals surface area contributed by atoms with E-state index in [-0.39, 0.29) is 18.5 Å². The predicted molar refractivity (Wildman–Crippen MR) is 77.3 cm³/mol. The summed E-state index contributed by atoms with van der Waals surface area (Å²) in [6.45, 7) is 0. The molecule has 0 N–H and O–H groups in total. The van der Waals surface area contributed by atoms with Crippen LogP contribution in [0.2, 0.25) is 0 Å². The van der Waals surface area contributed by atoms with E-state index in [0.717, 1.165) is 12.1 Å². The first kappa shape index (κ1) is 17.6.